The molecule has 114 valence electrons. The smallest absolute Gasteiger partial charge is 0.123 e. The van der Waals surface area contributed by atoms with Gasteiger partial charge in [-0.15, -0.1) is 0 Å². The summed E-state index contributed by atoms with van der Waals surface area (Å²) >= 11 is 0. The lowest BCUT2D eigenvalue weighted by atomic mass is 9.98. The van der Waals surface area contributed by atoms with E-state index >= 15 is 0 Å². The molecule has 0 bridgehead atoms. The average molecular weight is 280 g/mol. The van der Waals surface area contributed by atoms with E-state index in [-0.39, 0.29) is 11.9 Å². The van der Waals surface area contributed by atoms with Crippen molar-refractivity contribution in [1.82, 2.24) is 10.2 Å². The van der Waals surface area contributed by atoms with Gasteiger partial charge in [0.25, 0.3) is 0 Å². The minimum absolute atomic E-state index is 0.142. The van der Waals surface area contributed by atoms with Gasteiger partial charge < -0.3 is 10.2 Å². The molecule has 0 aliphatic heterocycles. The maximum atomic E-state index is 13.5. The zero-order chi connectivity index (χ0) is 15.0. The topological polar surface area (TPSA) is 15.3 Å². The van der Waals surface area contributed by atoms with Crippen LogP contribution in [0.1, 0.15) is 50.8 Å². The van der Waals surface area contributed by atoms with E-state index in [1.807, 2.05) is 6.07 Å². The maximum Gasteiger partial charge on any atom is 0.123 e. The van der Waals surface area contributed by atoms with E-state index in [9.17, 15) is 4.39 Å². The second kappa shape index (κ2) is 9.09. The standard InChI is InChI=1S/C17H29FN2/c1-5-11-19-17(10-12-20(6-2)7-3)16-13-15(18)9-8-14(16)4/h8-9,13,17,19H,5-7,10-12H2,1-4H3. The van der Waals surface area contributed by atoms with Gasteiger partial charge in [0, 0.05) is 6.04 Å². The van der Waals surface area contributed by atoms with Gasteiger partial charge in [-0.2, -0.15) is 0 Å². The van der Waals surface area contributed by atoms with Crippen LogP contribution in [-0.4, -0.2) is 31.1 Å². The van der Waals surface area contributed by atoms with Crippen molar-refractivity contribution >= 4 is 0 Å². The minimum atomic E-state index is -0.142. The van der Waals surface area contributed by atoms with Crippen LogP contribution in [0.3, 0.4) is 0 Å². The van der Waals surface area contributed by atoms with Gasteiger partial charge in [0.2, 0.25) is 0 Å². The number of halogens is 1. The molecule has 0 amide bonds. The summed E-state index contributed by atoms with van der Waals surface area (Å²) in [5, 5.41) is 3.56. The summed E-state index contributed by atoms with van der Waals surface area (Å²) in [4.78, 5) is 2.41. The quantitative estimate of drug-likeness (QED) is 0.738. The molecule has 0 fully saturated rings. The second-order valence-corrected chi connectivity index (χ2v) is 5.32. The Morgan fingerprint density at radius 2 is 1.90 bits per heavy atom. The van der Waals surface area contributed by atoms with Gasteiger partial charge in [0.05, 0.1) is 0 Å². The number of hydrogen-bond donors (Lipinski definition) is 1. The highest BCUT2D eigenvalue weighted by molar-refractivity contribution is 5.29. The van der Waals surface area contributed by atoms with Gasteiger partial charge in [-0.05, 0) is 69.2 Å². The fourth-order valence-corrected chi connectivity index (χ4v) is 2.52. The lowest BCUT2D eigenvalue weighted by Crippen LogP contribution is -2.30. The lowest BCUT2D eigenvalue weighted by Gasteiger charge is -2.25. The molecule has 0 saturated carbocycles. The molecular formula is C17H29FN2. The molecule has 1 N–H and O–H groups in total. The Morgan fingerprint density at radius 3 is 2.50 bits per heavy atom. The van der Waals surface area contributed by atoms with Gasteiger partial charge in [-0.25, -0.2) is 4.39 Å². The van der Waals surface area contributed by atoms with E-state index in [1.165, 1.54) is 5.56 Å². The number of rotatable bonds is 9. The number of aryl methyl sites for hydroxylation is 1. The molecule has 0 aliphatic rings. The van der Waals surface area contributed by atoms with Gasteiger partial charge in [-0.3, -0.25) is 0 Å². The van der Waals surface area contributed by atoms with Crippen LogP contribution < -0.4 is 5.32 Å². The SMILES string of the molecule is CCCNC(CCN(CC)CC)c1cc(F)ccc1C. The lowest BCUT2D eigenvalue weighted by molar-refractivity contribution is 0.281. The van der Waals surface area contributed by atoms with Crippen LogP contribution in [0.2, 0.25) is 0 Å². The fraction of sp³-hybridized carbons (Fsp3) is 0.647. The van der Waals surface area contributed by atoms with E-state index < -0.39 is 0 Å². The molecule has 1 aromatic carbocycles. The zero-order valence-electron chi connectivity index (χ0n) is 13.4. The van der Waals surface area contributed by atoms with Gasteiger partial charge in [0.15, 0.2) is 0 Å². The molecular weight excluding hydrogens is 251 g/mol. The van der Waals surface area contributed by atoms with Crippen LogP contribution in [0, 0.1) is 12.7 Å². The van der Waals surface area contributed by atoms with E-state index in [0.29, 0.717) is 0 Å². The summed E-state index contributed by atoms with van der Waals surface area (Å²) < 4.78 is 13.5. The van der Waals surface area contributed by atoms with Crippen LogP contribution in [-0.2, 0) is 0 Å². The molecule has 1 rings (SSSR count). The molecule has 0 saturated heterocycles. The van der Waals surface area contributed by atoms with Crippen molar-refractivity contribution in [3.05, 3.63) is 35.1 Å². The summed E-state index contributed by atoms with van der Waals surface area (Å²) in [5.74, 6) is -0.142. The summed E-state index contributed by atoms with van der Waals surface area (Å²) in [6.45, 7) is 12.7. The summed E-state index contributed by atoms with van der Waals surface area (Å²) in [6, 6.07) is 5.35. The van der Waals surface area contributed by atoms with Crippen molar-refractivity contribution in [3.63, 3.8) is 0 Å². The Balaban J connectivity index is 2.79. The third-order valence-corrected chi connectivity index (χ3v) is 3.89. The van der Waals surface area contributed by atoms with Crippen molar-refractivity contribution in [2.24, 2.45) is 0 Å². The molecule has 0 aliphatic carbocycles. The Bertz CT molecular complexity index is 389. The Hall–Kier alpha value is -0.930. The van der Waals surface area contributed by atoms with E-state index in [2.05, 4.69) is 37.9 Å². The third-order valence-electron chi connectivity index (χ3n) is 3.89. The van der Waals surface area contributed by atoms with E-state index in [0.717, 1.165) is 44.6 Å². The van der Waals surface area contributed by atoms with E-state index in [1.54, 1.807) is 12.1 Å². The molecule has 1 unspecified atom stereocenters. The molecule has 1 atom stereocenters. The molecule has 1 aromatic rings. The number of hydrogen-bond acceptors (Lipinski definition) is 2. The molecule has 2 nitrogen and oxygen atoms in total. The van der Waals surface area contributed by atoms with Crippen LogP contribution in [0.25, 0.3) is 0 Å². The van der Waals surface area contributed by atoms with Crippen molar-refractivity contribution in [1.29, 1.82) is 0 Å². The van der Waals surface area contributed by atoms with Gasteiger partial charge >= 0.3 is 0 Å². The van der Waals surface area contributed by atoms with Crippen molar-refractivity contribution in [2.45, 2.75) is 46.6 Å². The first-order valence-corrected chi connectivity index (χ1v) is 7.84. The van der Waals surface area contributed by atoms with Crippen LogP contribution in [0.5, 0.6) is 0 Å². The summed E-state index contributed by atoms with van der Waals surface area (Å²) in [6.07, 6.45) is 2.11. The molecule has 0 radical (unpaired) electrons. The highest BCUT2D eigenvalue weighted by Gasteiger charge is 2.15. The largest absolute Gasteiger partial charge is 0.310 e. The minimum Gasteiger partial charge on any atom is -0.310 e. The average Bonchev–Trinajstić information content (AvgIpc) is 2.46. The maximum absolute atomic E-state index is 13.5. The Morgan fingerprint density at radius 1 is 1.20 bits per heavy atom. The number of benzene rings is 1. The van der Waals surface area contributed by atoms with Crippen LogP contribution >= 0.6 is 0 Å². The first-order chi connectivity index (χ1) is 9.62. The third kappa shape index (κ3) is 5.22. The Labute approximate surface area is 123 Å². The normalized spacial score (nSPS) is 12.9. The molecule has 0 aromatic heterocycles. The second-order valence-electron chi connectivity index (χ2n) is 5.32. The monoisotopic (exact) mass is 280 g/mol. The molecule has 3 heteroatoms. The first kappa shape index (κ1) is 17.1. The Kier molecular flexibility index (Phi) is 7.78. The molecule has 0 heterocycles. The molecule has 20 heavy (non-hydrogen) atoms. The zero-order valence-corrected chi connectivity index (χ0v) is 13.4. The fourth-order valence-electron chi connectivity index (χ4n) is 2.52. The number of nitrogens with one attached hydrogen (secondary N) is 1. The predicted octanol–water partition coefficient (Wildman–Crippen LogP) is 3.91. The first-order valence-electron chi connectivity index (χ1n) is 7.84. The van der Waals surface area contributed by atoms with Crippen LogP contribution in [0.4, 0.5) is 4.39 Å². The van der Waals surface area contributed by atoms with Crippen molar-refractivity contribution < 1.29 is 4.39 Å². The van der Waals surface area contributed by atoms with Crippen molar-refractivity contribution in [3.8, 4) is 0 Å². The van der Waals surface area contributed by atoms with Crippen molar-refractivity contribution in [2.75, 3.05) is 26.2 Å². The molecule has 0 spiro atoms. The predicted molar refractivity (Wildman–Crippen MR) is 84.6 cm³/mol. The summed E-state index contributed by atoms with van der Waals surface area (Å²) in [7, 11) is 0. The summed E-state index contributed by atoms with van der Waals surface area (Å²) in [5.41, 5.74) is 2.27. The van der Waals surface area contributed by atoms with Crippen LogP contribution in [0.15, 0.2) is 18.2 Å². The highest BCUT2D eigenvalue weighted by Crippen LogP contribution is 2.22. The van der Waals surface area contributed by atoms with E-state index in [4.69, 9.17) is 0 Å². The van der Waals surface area contributed by atoms with Gasteiger partial charge in [-0.1, -0.05) is 26.8 Å². The van der Waals surface area contributed by atoms with Gasteiger partial charge in [0.1, 0.15) is 5.82 Å². The highest BCUT2D eigenvalue weighted by atomic mass is 19.1. The number of nitrogens with zero attached hydrogens (tertiary/aromatic N) is 1.